The van der Waals surface area contributed by atoms with Gasteiger partial charge in [0.1, 0.15) is 18.7 Å². The predicted molar refractivity (Wildman–Crippen MR) is 72.6 cm³/mol. The number of hydrogen-bond donors (Lipinski definition) is 1. The Labute approximate surface area is 114 Å². The molecule has 2 rings (SSSR count). The minimum Gasteiger partial charge on any atom is -0.353 e. The number of carbonyl (C=O) groups is 1. The van der Waals surface area contributed by atoms with Gasteiger partial charge in [0, 0.05) is 13.1 Å². The summed E-state index contributed by atoms with van der Waals surface area (Å²) in [7, 11) is 0. The monoisotopic (exact) mass is 265 g/mol. The van der Waals surface area contributed by atoms with Crippen LogP contribution in [0.5, 0.6) is 0 Å². The van der Waals surface area contributed by atoms with Gasteiger partial charge < -0.3 is 10.2 Å². The molecule has 106 valence electrons. The molecule has 0 bridgehead atoms. The Kier molecular flexibility index (Phi) is 4.90. The van der Waals surface area contributed by atoms with E-state index in [2.05, 4.69) is 27.2 Å². The van der Waals surface area contributed by atoms with E-state index in [1.165, 1.54) is 19.2 Å². The van der Waals surface area contributed by atoms with Crippen LogP contribution in [0.1, 0.15) is 32.7 Å². The summed E-state index contributed by atoms with van der Waals surface area (Å²) < 4.78 is 1.57. The molecule has 1 atom stereocenters. The van der Waals surface area contributed by atoms with E-state index in [-0.39, 0.29) is 11.9 Å². The number of hydrogen-bond acceptors (Lipinski definition) is 4. The molecule has 6 heteroatoms. The fourth-order valence-corrected chi connectivity index (χ4v) is 2.31. The summed E-state index contributed by atoms with van der Waals surface area (Å²) in [5.41, 5.74) is 0. The Morgan fingerprint density at radius 2 is 2.21 bits per heavy atom. The van der Waals surface area contributed by atoms with Crippen LogP contribution >= 0.6 is 0 Å². The summed E-state index contributed by atoms with van der Waals surface area (Å²) in [4.78, 5) is 18.2. The summed E-state index contributed by atoms with van der Waals surface area (Å²) in [5.74, 6) is 0.842. The van der Waals surface area contributed by atoms with E-state index in [9.17, 15) is 4.79 Å². The zero-order chi connectivity index (χ0) is 13.7. The van der Waals surface area contributed by atoms with Gasteiger partial charge in [-0.3, -0.25) is 4.79 Å². The Morgan fingerprint density at radius 3 is 2.84 bits per heavy atom. The van der Waals surface area contributed by atoms with Gasteiger partial charge in [-0.1, -0.05) is 6.92 Å². The van der Waals surface area contributed by atoms with Crippen LogP contribution in [0.3, 0.4) is 0 Å². The molecular weight excluding hydrogens is 242 g/mol. The molecule has 1 aromatic rings. The second kappa shape index (κ2) is 6.65. The van der Waals surface area contributed by atoms with Crippen LogP contribution in [0.2, 0.25) is 0 Å². The molecule has 0 aromatic carbocycles. The van der Waals surface area contributed by atoms with Crippen LogP contribution in [0.25, 0.3) is 0 Å². The lowest BCUT2D eigenvalue weighted by Gasteiger charge is -2.30. The van der Waals surface area contributed by atoms with Crippen molar-refractivity contribution < 1.29 is 4.79 Å². The summed E-state index contributed by atoms with van der Waals surface area (Å²) >= 11 is 0. The van der Waals surface area contributed by atoms with Crippen LogP contribution < -0.4 is 5.32 Å². The third-order valence-corrected chi connectivity index (χ3v) is 3.82. The fourth-order valence-electron chi connectivity index (χ4n) is 2.31. The number of likely N-dealkylation sites (tertiary alicyclic amines) is 1. The van der Waals surface area contributed by atoms with Crippen molar-refractivity contribution in [3.8, 4) is 0 Å². The average Bonchev–Trinajstić information content (AvgIpc) is 2.94. The molecule has 1 saturated heterocycles. The summed E-state index contributed by atoms with van der Waals surface area (Å²) in [6, 6.07) is -0.302. The molecule has 6 nitrogen and oxygen atoms in total. The van der Waals surface area contributed by atoms with Gasteiger partial charge >= 0.3 is 0 Å². The van der Waals surface area contributed by atoms with Gasteiger partial charge in [-0.15, -0.1) is 0 Å². The Hall–Kier alpha value is -1.43. The van der Waals surface area contributed by atoms with E-state index < -0.39 is 0 Å². The van der Waals surface area contributed by atoms with E-state index in [4.69, 9.17) is 0 Å². The third kappa shape index (κ3) is 4.02. The predicted octanol–water partition coefficient (Wildman–Crippen LogP) is 0.687. The number of carbonyl (C=O) groups excluding carboxylic acids is 1. The van der Waals surface area contributed by atoms with Crippen LogP contribution in [-0.4, -0.2) is 51.8 Å². The lowest BCUT2D eigenvalue weighted by Crippen LogP contribution is -2.40. The number of amides is 1. The number of nitrogens with one attached hydrogen (secondary N) is 1. The van der Waals surface area contributed by atoms with Gasteiger partial charge in [0.05, 0.1) is 0 Å². The van der Waals surface area contributed by atoms with Gasteiger partial charge in [0.2, 0.25) is 5.91 Å². The first-order chi connectivity index (χ1) is 9.16. The molecule has 1 fully saturated rings. The molecule has 0 unspecified atom stereocenters. The van der Waals surface area contributed by atoms with Crippen LogP contribution in [0.4, 0.5) is 0 Å². The Morgan fingerprint density at radius 1 is 1.47 bits per heavy atom. The molecule has 1 aliphatic rings. The zero-order valence-corrected chi connectivity index (χ0v) is 11.7. The third-order valence-electron chi connectivity index (χ3n) is 3.82. The largest absolute Gasteiger partial charge is 0.353 e. The molecule has 1 N–H and O–H groups in total. The van der Waals surface area contributed by atoms with E-state index in [1.807, 2.05) is 6.92 Å². The van der Waals surface area contributed by atoms with Gasteiger partial charge in [-0.25, -0.2) is 9.67 Å². The molecule has 19 heavy (non-hydrogen) atoms. The standard InChI is InChI=1S/C13H23N5O/c1-11-3-6-17(7-4-11)8-5-15-13(19)12(2)18-10-14-9-16-18/h9-12H,3-8H2,1-2H3,(H,15,19)/t12-/m1/s1. The highest BCUT2D eigenvalue weighted by molar-refractivity contribution is 5.79. The lowest BCUT2D eigenvalue weighted by atomic mass is 9.99. The normalized spacial score (nSPS) is 19.3. The van der Waals surface area contributed by atoms with E-state index in [0.29, 0.717) is 6.54 Å². The van der Waals surface area contributed by atoms with Crippen molar-refractivity contribution in [2.75, 3.05) is 26.2 Å². The molecule has 0 saturated carbocycles. The number of piperidine rings is 1. The van der Waals surface area contributed by atoms with Gasteiger partial charge in [-0.2, -0.15) is 5.10 Å². The zero-order valence-electron chi connectivity index (χ0n) is 11.7. The molecule has 0 spiro atoms. The summed E-state index contributed by atoms with van der Waals surface area (Å²) in [5, 5.41) is 6.94. The van der Waals surface area contributed by atoms with Crippen molar-refractivity contribution in [1.82, 2.24) is 25.0 Å². The van der Waals surface area contributed by atoms with E-state index >= 15 is 0 Å². The first-order valence-corrected chi connectivity index (χ1v) is 7.01. The summed E-state index contributed by atoms with van der Waals surface area (Å²) in [6.45, 7) is 8.06. The smallest absolute Gasteiger partial charge is 0.244 e. The van der Waals surface area contributed by atoms with Gasteiger partial charge in [0.15, 0.2) is 0 Å². The number of nitrogens with zero attached hydrogens (tertiary/aromatic N) is 4. The highest BCUT2D eigenvalue weighted by atomic mass is 16.2. The molecule has 2 heterocycles. The lowest BCUT2D eigenvalue weighted by molar-refractivity contribution is -0.124. The second-order valence-electron chi connectivity index (χ2n) is 5.37. The minimum atomic E-state index is -0.302. The Balaban J connectivity index is 1.66. The molecule has 0 aliphatic carbocycles. The number of aromatic nitrogens is 3. The first-order valence-electron chi connectivity index (χ1n) is 7.01. The number of rotatable bonds is 5. The quantitative estimate of drug-likeness (QED) is 0.850. The van der Waals surface area contributed by atoms with E-state index in [0.717, 1.165) is 25.6 Å². The Bertz CT molecular complexity index is 384. The van der Waals surface area contributed by atoms with Gasteiger partial charge in [-0.05, 0) is 38.8 Å². The van der Waals surface area contributed by atoms with Crippen molar-refractivity contribution in [3.63, 3.8) is 0 Å². The molecular formula is C13H23N5O. The summed E-state index contributed by atoms with van der Waals surface area (Å²) in [6.07, 6.45) is 5.54. The van der Waals surface area contributed by atoms with Crippen molar-refractivity contribution >= 4 is 5.91 Å². The van der Waals surface area contributed by atoms with Crippen molar-refractivity contribution in [2.45, 2.75) is 32.7 Å². The molecule has 1 aromatic heterocycles. The molecule has 1 amide bonds. The topological polar surface area (TPSA) is 63.1 Å². The maximum Gasteiger partial charge on any atom is 0.244 e. The van der Waals surface area contributed by atoms with E-state index in [1.54, 1.807) is 11.0 Å². The van der Waals surface area contributed by atoms with Crippen LogP contribution in [0, 0.1) is 5.92 Å². The van der Waals surface area contributed by atoms with Gasteiger partial charge in [0.25, 0.3) is 0 Å². The minimum absolute atomic E-state index is 0.00382. The highest BCUT2D eigenvalue weighted by Crippen LogP contribution is 2.15. The maximum absolute atomic E-state index is 11.9. The SMILES string of the molecule is CC1CCN(CCNC(=O)[C@@H](C)n2cncn2)CC1. The van der Waals surface area contributed by atoms with Crippen molar-refractivity contribution in [2.24, 2.45) is 5.92 Å². The second-order valence-corrected chi connectivity index (χ2v) is 5.37. The van der Waals surface area contributed by atoms with Crippen molar-refractivity contribution in [3.05, 3.63) is 12.7 Å². The van der Waals surface area contributed by atoms with Crippen molar-refractivity contribution in [1.29, 1.82) is 0 Å². The maximum atomic E-state index is 11.9. The highest BCUT2D eigenvalue weighted by Gasteiger charge is 2.17. The molecule has 1 aliphatic heterocycles. The average molecular weight is 265 g/mol. The van der Waals surface area contributed by atoms with Crippen LogP contribution in [-0.2, 0) is 4.79 Å². The molecule has 0 radical (unpaired) electrons. The van der Waals surface area contributed by atoms with Crippen LogP contribution in [0.15, 0.2) is 12.7 Å². The first kappa shape index (κ1) is 14.0. The fraction of sp³-hybridized carbons (Fsp3) is 0.769.